The van der Waals surface area contributed by atoms with E-state index < -0.39 is 6.36 Å². The number of rotatable bonds is 4. The van der Waals surface area contributed by atoms with Gasteiger partial charge in [-0.3, -0.25) is 0 Å². The van der Waals surface area contributed by atoms with Gasteiger partial charge < -0.3 is 23.8 Å². The lowest BCUT2D eigenvalue weighted by atomic mass is 9.84. The van der Waals surface area contributed by atoms with Gasteiger partial charge in [0.2, 0.25) is 11.7 Å². The summed E-state index contributed by atoms with van der Waals surface area (Å²) in [4.78, 5) is 21.4. The van der Waals surface area contributed by atoms with Crippen LogP contribution < -0.4 is 4.74 Å². The summed E-state index contributed by atoms with van der Waals surface area (Å²) >= 11 is 6.29. The Hall–Kier alpha value is -3.31. The number of halogens is 4. The van der Waals surface area contributed by atoms with Crippen LogP contribution in [-0.4, -0.2) is 71.7 Å². The fraction of sp³-hybridized carbons (Fsp3) is 0.400. The molecule has 0 bridgehead atoms. The van der Waals surface area contributed by atoms with E-state index in [2.05, 4.69) is 14.9 Å². The van der Waals surface area contributed by atoms with Crippen LogP contribution in [0.1, 0.15) is 29.7 Å². The third-order valence-electron chi connectivity index (χ3n) is 6.49. The number of nitrogens with zero attached hydrogens (tertiary/aromatic N) is 4. The van der Waals surface area contributed by atoms with E-state index in [-0.39, 0.29) is 23.6 Å². The fourth-order valence-corrected chi connectivity index (χ4v) is 4.95. The first-order chi connectivity index (χ1) is 17.8. The third-order valence-corrected chi connectivity index (χ3v) is 6.82. The number of likely N-dealkylation sites (tertiary alicyclic amines) is 1. The molecule has 37 heavy (non-hydrogen) atoms. The number of ether oxygens (including phenoxy) is 2. The number of carbonyl (C=O) groups excluding carboxylic acids is 1. The van der Waals surface area contributed by atoms with Crippen LogP contribution in [0.5, 0.6) is 5.75 Å². The van der Waals surface area contributed by atoms with E-state index in [0.29, 0.717) is 68.1 Å². The Kier molecular flexibility index (Phi) is 7.25. The van der Waals surface area contributed by atoms with Crippen LogP contribution in [0, 0.1) is 0 Å². The highest BCUT2D eigenvalue weighted by atomic mass is 35.5. The van der Waals surface area contributed by atoms with Gasteiger partial charge >= 0.3 is 12.4 Å². The molecular weight excluding hydrogens is 513 g/mol. The molecule has 0 saturated carbocycles. The summed E-state index contributed by atoms with van der Waals surface area (Å²) < 4.78 is 52.8. The normalized spacial score (nSPS) is 20.6. The molecule has 0 aliphatic carbocycles. The van der Waals surface area contributed by atoms with Crippen molar-refractivity contribution in [2.45, 2.75) is 24.6 Å². The molecule has 12 heteroatoms. The molecule has 5 rings (SSSR count). The minimum absolute atomic E-state index is 0.124. The van der Waals surface area contributed by atoms with Crippen molar-refractivity contribution in [1.82, 2.24) is 19.9 Å². The first-order valence-corrected chi connectivity index (χ1v) is 12.2. The Morgan fingerprint density at radius 2 is 1.70 bits per heavy atom. The molecule has 3 heterocycles. The minimum atomic E-state index is -4.77. The van der Waals surface area contributed by atoms with Crippen molar-refractivity contribution < 1.29 is 32.0 Å². The van der Waals surface area contributed by atoms with E-state index in [9.17, 15) is 18.0 Å². The molecule has 2 fully saturated rings. The van der Waals surface area contributed by atoms with Gasteiger partial charge in [0.15, 0.2) is 0 Å². The summed E-state index contributed by atoms with van der Waals surface area (Å²) in [6.45, 7) is 2.69. The maximum Gasteiger partial charge on any atom is 0.573 e. The zero-order valence-electron chi connectivity index (χ0n) is 19.7. The Morgan fingerprint density at radius 3 is 2.41 bits per heavy atom. The van der Waals surface area contributed by atoms with Crippen molar-refractivity contribution >= 4 is 17.6 Å². The molecule has 2 atom stereocenters. The predicted molar refractivity (Wildman–Crippen MR) is 127 cm³/mol. The first-order valence-electron chi connectivity index (χ1n) is 11.8. The number of piperidine rings is 1. The maximum absolute atomic E-state index is 13.4. The Morgan fingerprint density at radius 1 is 1.00 bits per heavy atom. The van der Waals surface area contributed by atoms with Crippen molar-refractivity contribution in [1.29, 1.82) is 0 Å². The summed E-state index contributed by atoms with van der Waals surface area (Å²) in [5.74, 6) is -0.0251. The van der Waals surface area contributed by atoms with Crippen molar-refractivity contribution in [3.63, 3.8) is 0 Å². The summed E-state index contributed by atoms with van der Waals surface area (Å²) in [5, 5.41) is 4.59. The van der Waals surface area contributed by atoms with Gasteiger partial charge in [-0.25, -0.2) is 4.79 Å². The second kappa shape index (κ2) is 10.6. The van der Waals surface area contributed by atoms with Crippen LogP contribution in [0.2, 0.25) is 5.02 Å². The zero-order chi connectivity index (χ0) is 26.0. The van der Waals surface area contributed by atoms with Crippen LogP contribution in [0.25, 0.3) is 11.4 Å². The number of urea groups is 1. The molecule has 0 spiro atoms. The molecule has 196 valence electrons. The highest BCUT2D eigenvalue weighted by Gasteiger charge is 2.37. The summed E-state index contributed by atoms with van der Waals surface area (Å²) in [6.07, 6.45) is -4.20. The summed E-state index contributed by atoms with van der Waals surface area (Å²) in [7, 11) is 0. The number of hydrogen-bond donors (Lipinski definition) is 0. The number of benzene rings is 2. The molecule has 1 aromatic heterocycles. The van der Waals surface area contributed by atoms with Gasteiger partial charge in [0.05, 0.1) is 24.2 Å². The van der Waals surface area contributed by atoms with Crippen LogP contribution in [-0.2, 0) is 4.74 Å². The highest BCUT2D eigenvalue weighted by Crippen LogP contribution is 2.37. The highest BCUT2D eigenvalue weighted by molar-refractivity contribution is 6.33. The lowest BCUT2D eigenvalue weighted by Crippen LogP contribution is -2.52. The lowest BCUT2D eigenvalue weighted by molar-refractivity contribution is -0.274. The molecule has 2 saturated heterocycles. The molecule has 0 N–H and O–H groups in total. The molecule has 2 aliphatic rings. The zero-order valence-corrected chi connectivity index (χ0v) is 20.4. The van der Waals surface area contributed by atoms with Gasteiger partial charge in [0.25, 0.3) is 0 Å². The second-order valence-corrected chi connectivity index (χ2v) is 9.38. The molecule has 2 unspecified atom stereocenters. The summed E-state index contributed by atoms with van der Waals surface area (Å²) in [5.41, 5.74) is 1.41. The second-order valence-electron chi connectivity index (χ2n) is 8.97. The number of aromatic nitrogens is 2. The Balaban J connectivity index is 1.40. The van der Waals surface area contributed by atoms with Gasteiger partial charge in [-0.15, -0.1) is 13.2 Å². The number of amides is 2. The fourth-order valence-electron chi connectivity index (χ4n) is 4.72. The van der Waals surface area contributed by atoms with E-state index in [1.165, 1.54) is 12.1 Å². The predicted octanol–water partition coefficient (Wildman–Crippen LogP) is 5.31. The average molecular weight is 537 g/mol. The van der Waals surface area contributed by atoms with Gasteiger partial charge in [-0.2, -0.15) is 4.98 Å². The number of carbonyl (C=O) groups is 1. The van der Waals surface area contributed by atoms with Crippen LogP contribution >= 0.6 is 11.6 Å². The summed E-state index contributed by atoms with van der Waals surface area (Å²) in [6, 6.07) is 12.8. The monoisotopic (exact) mass is 536 g/mol. The minimum Gasteiger partial charge on any atom is -0.406 e. The van der Waals surface area contributed by atoms with Crippen molar-refractivity contribution in [2.75, 3.05) is 39.4 Å². The molecule has 3 aromatic rings. The lowest BCUT2D eigenvalue weighted by Gasteiger charge is -2.40. The van der Waals surface area contributed by atoms with Gasteiger partial charge in [-0.05, 0) is 36.2 Å². The van der Waals surface area contributed by atoms with Crippen molar-refractivity contribution in [3.8, 4) is 17.1 Å². The smallest absolute Gasteiger partial charge is 0.406 e. The van der Waals surface area contributed by atoms with Gasteiger partial charge in [-0.1, -0.05) is 41.0 Å². The number of morpholine rings is 1. The van der Waals surface area contributed by atoms with Crippen LogP contribution in [0.3, 0.4) is 0 Å². The molecule has 8 nitrogen and oxygen atoms in total. The maximum atomic E-state index is 13.4. The van der Waals surface area contributed by atoms with Crippen molar-refractivity contribution in [2.24, 2.45) is 0 Å². The van der Waals surface area contributed by atoms with Crippen molar-refractivity contribution in [3.05, 3.63) is 65.0 Å². The quantitative estimate of drug-likeness (QED) is 0.449. The van der Waals surface area contributed by atoms with E-state index in [4.69, 9.17) is 20.9 Å². The van der Waals surface area contributed by atoms with E-state index in [1.54, 1.807) is 40.1 Å². The Bertz CT molecular complexity index is 1230. The Labute approximate surface area is 215 Å². The average Bonchev–Trinajstić information content (AvgIpc) is 3.38. The molecule has 0 radical (unpaired) electrons. The SMILES string of the molecule is O=C(N1CCOCC1)N1CC(c2ccc(OC(F)(F)F)cc2)CC(c2nc(-c3ccccc3Cl)no2)C1. The molecule has 2 amide bonds. The van der Waals surface area contributed by atoms with E-state index >= 15 is 0 Å². The van der Waals surface area contributed by atoms with E-state index in [0.717, 1.165) is 5.56 Å². The van der Waals surface area contributed by atoms with Crippen LogP contribution in [0.4, 0.5) is 18.0 Å². The molecule has 2 aromatic carbocycles. The topological polar surface area (TPSA) is 80.9 Å². The first kappa shape index (κ1) is 25.3. The number of hydrogen-bond acceptors (Lipinski definition) is 6. The largest absolute Gasteiger partial charge is 0.573 e. The number of alkyl halides is 3. The van der Waals surface area contributed by atoms with Crippen LogP contribution in [0.15, 0.2) is 53.1 Å². The molecule has 2 aliphatic heterocycles. The molecular formula is C25H24ClF3N4O4. The van der Waals surface area contributed by atoms with Gasteiger partial charge in [0, 0.05) is 37.7 Å². The standard InChI is InChI=1S/C25H24ClF3N4O4/c26-21-4-2-1-3-20(21)22-30-23(37-31-22)18-13-17(16-5-7-19(8-6-16)36-25(27,28)29)14-33(15-18)24(34)32-9-11-35-12-10-32/h1-8,17-18H,9-15H2. The third kappa shape index (κ3) is 5.99. The van der Waals surface area contributed by atoms with Gasteiger partial charge in [0.1, 0.15) is 5.75 Å². The van der Waals surface area contributed by atoms with E-state index in [1.807, 2.05) is 6.07 Å².